The highest BCUT2D eigenvalue weighted by atomic mass is 79.9. The van der Waals surface area contributed by atoms with Crippen LogP contribution in [0.25, 0.3) is 10.8 Å². The van der Waals surface area contributed by atoms with Gasteiger partial charge in [0.2, 0.25) is 0 Å². The lowest BCUT2D eigenvalue weighted by Crippen LogP contribution is -2.11. The highest BCUT2D eigenvalue weighted by molar-refractivity contribution is 9.10. The zero-order valence-corrected chi connectivity index (χ0v) is 14.5. The molecule has 2 aromatic carbocycles. The normalized spacial score (nSPS) is 22.0. The molecule has 0 saturated heterocycles. The topological polar surface area (TPSA) is 0 Å². The third kappa shape index (κ3) is 2.50. The van der Waals surface area contributed by atoms with Gasteiger partial charge in [0, 0.05) is 9.30 Å². The third-order valence-corrected chi connectivity index (χ3v) is 5.73. The van der Waals surface area contributed by atoms with E-state index in [4.69, 9.17) is 0 Å². The number of fused-ring (bicyclic) bond motifs is 3. The van der Waals surface area contributed by atoms with E-state index in [1.165, 1.54) is 45.6 Å². The first kappa shape index (κ1) is 13.6. The van der Waals surface area contributed by atoms with Gasteiger partial charge in [0.05, 0.1) is 0 Å². The Labute approximate surface area is 131 Å². The van der Waals surface area contributed by atoms with Crippen molar-refractivity contribution in [3.63, 3.8) is 0 Å². The Hall–Kier alpha value is -0.340. The smallest absolute Gasteiger partial charge is 0.0403 e. The number of benzene rings is 2. The molecule has 2 aromatic rings. The zero-order chi connectivity index (χ0) is 13.6. The highest BCUT2D eigenvalue weighted by Gasteiger charge is 2.29. The van der Waals surface area contributed by atoms with Gasteiger partial charge in [-0.1, -0.05) is 70.0 Å². The summed E-state index contributed by atoms with van der Waals surface area (Å²) in [5, 5.41) is 2.75. The minimum Gasteiger partial charge on any atom is -0.0838 e. The van der Waals surface area contributed by atoms with Gasteiger partial charge in [-0.2, -0.15) is 0 Å². The summed E-state index contributed by atoms with van der Waals surface area (Å²) in [6, 6.07) is 11.1. The van der Waals surface area contributed by atoms with Crippen molar-refractivity contribution in [3.8, 4) is 0 Å². The van der Waals surface area contributed by atoms with Gasteiger partial charge in [0.15, 0.2) is 0 Å². The summed E-state index contributed by atoms with van der Waals surface area (Å²) in [5.74, 6) is 0. The van der Waals surface area contributed by atoms with E-state index >= 15 is 0 Å². The quantitative estimate of drug-likeness (QED) is 0.365. The minimum absolute atomic E-state index is 0.404. The number of hydrogen-bond donors (Lipinski definition) is 0. The van der Waals surface area contributed by atoms with Crippen molar-refractivity contribution in [1.82, 2.24) is 0 Å². The van der Waals surface area contributed by atoms with Gasteiger partial charge in [-0.3, -0.25) is 0 Å². The first-order valence-corrected chi connectivity index (χ1v) is 8.53. The van der Waals surface area contributed by atoms with Crippen molar-refractivity contribution >= 4 is 42.6 Å². The van der Waals surface area contributed by atoms with E-state index < -0.39 is 0 Å². The lowest BCUT2D eigenvalue weighted by atomic mass is 9.84. The molecule has 2 heteroatoms. The predicted octanol–water partition coefficient (Wildman–Crippen LogP) is 6.40. The Kier molecular flexibility index (Phi) is 3.51. The molecule has 0 nitrogen and oxygen atoms in total. The van der Waals surface area contributed by atoms with Gasteiger partial charge < -0.3 is 0 Å². The van der Waals surface area contributed by atoms with Crippen LogP contribution >= 0.6 is 31.9 Å². The number of aryl methyl sites for hydroxylation is 1. The lowest BCUT2D eigenvalue weighted by molar-refractivity contribution is 0.316. The largest absolute Gasteiger partial charge is 0.0838 e. The molecule has 19 heavy (non-hydrogen) atoms. The Morgan fingerprint density at radius 2 is 1.84 bits per heavy atom. The molecule has 0 spiro atoms. The van der Waals surface area contributed by atoms with Crippen LogP contribution in [0, 0.1) is 5.41 Å². The molecule has 0 radical (unpaired) electrons. The molecule has 1 aliphatic rings. The maximum Gasteiger partial charge on any atom is 0.0403 e. The van der Waals surface area contributed by atoms with Crippen LogP contribution in [-0.4, -0.2) is 0 Å². The van der Waals surface area contributed by atoms with E-state index in [0.29, 0.717) is 10.2 Å². The monoisotopic (exact) mass is 380 g/mol. The van der Waals surface area contributed by atoms with Crippen LogP contribution in [0.2, 0.25) is 0 Å². The molecular weight excluding hydrogens is 364 g/mol. The molecule has 0 amide bonds. The first-order valence-electron chi connectivity index (χ1n) is 6.82. The predicted molar refractivity (Wildman–Crippen MR) is 90.0 cm³/mol. The van der Waals surface area contributed by atoms with Crippen molar-refractivity contribution in [2.45, 2.75) is 37.9 Å². The van der Waals surface area contributed by atoms with E-state index in [2.05, 4.69) is 76.0 Å². The lowest BCUT2D eigenvalue weighted by Gasteiger charge is -2.23. The van der Waals surface area contributed by atoms with Crippen LogP contribution in [0.5, 0.6) is 0 Å². The maximum absolute atomic E-state index is 3.91. The minimum atomic E-state index is 0.404. The van der Waals surface area contributed by atoms with Crippen LogP contribution in [0.1, 0.15) is 42.6 Å². The van der Waals surface area contributed by atoms with Crippen molar-refractivity contribution in [3.05, 3.63) is 45.9 Å². The summed E-state index contributed by atoms with van der Waals surface area (Å²) >= 11 is 7.65. The summed E-state index contributed by atoms with van der Waals surface area (Å²) in [4.78, 5) is 0.459. The third-order valence-electron chi connectivity index (χ3n) is 4.26. The first-order chi connectivity index (χ1) is 8.98. The Morgan fingerprint density at radius 1 is 1.16 bits per heavy atom. The number of alkyl halides is 1. The Morgan fingerprint density at radius 3 is 2.58 bits per heavy atom. The molecule has 100 valence electrons. The van der Waals surface area contributed by atoms with Crippen LogP contribution < -0.4 is 0 Å². The van der Waals surface area contributed by atoms with Gasteiger partial charge in [-0.15, -0.1) is 0 Å². The van der Waals surface area contributed by atoms with Crippen molar-refractivity contribution < 1.29 is 0 Å². The van der Waals surface area contributed by atoms with Crippen molar-refractivity contribution in [1.29, 1.82) is 0 Å². The van der Waals surface area contributed by atoms with Crippen LogP contribution in [0.4, 0.5) is 0 Å². The van der Waals surface area contributed by atoms with E-state index in [1.54, 1.807) is 0 Å². The maximum atomic E-state index is 3.91. The van der Waals surface area contributed by atoms with E-state index in [1.807, 2.05) is 0 Å². The number of hydrogen-bond acceptors (Lipinski definition) is 0. The second-order valence-electron chi connectivity index (χ2n) is 6.31. The summed E-state index contributed by atoms with van der Waals surface area (Å²) in [5.41, 5.74) is 3.41. The van der Waals surface area contributed by atoms with E-state index in [9.17, 15) is 0 Å². The molecule has 0 bridgehead atoms. The molecule has 1 atom stereocenters. The molecule has 3 rings (SSSR count). The fraction of sp³-hybridized carbons (Fsp3) is 0.412. The number of halogens is 2. The summed E-state index contributed by atoms with van der Waals surface area (Å²) in [7, 11) is 0. The van der Waals surface area contributed by atoms with Crippen LogP contribution in [0.15, 0.2) is 34.8 Å². The molecule has 0 heterocycles. The van der Waals surface area contributed by atoms with Gasteiger partial charge in [-0.05, 0) is 52.6 Å². The van der Waals surface area contributed by atoms with Crippen LogP contribution in [-0.2, 0) is 6.42 Å². The highest BCUT2D eigenvalue weighted by Crippen LogP contribution is 2.46. The molecular formula is C17H18Br2. The Bertz CT molecular complexity index is 628. The van der Waals surface area contributed by atoms with Gasteiger partial charge in [0.1, 0.15) is 0 Å². The van der Waals surface area contributed by atoms with E-state index in [0.717, 1.165) is 0 Å². The molecule has 1 unspecified atom stereocenters. The fourth-order valence-electron chi connectivity index (χ4n) is 3.13. The second kappa shape index (κ2) is 4.89. The number of rotatable bonds is 0. The molecule has 0 saturated carbocycles. The van der Waals surface area contributed by atoms with Crippen molar-refractivity contribution in [2.24, 2.45) is 5.41 Å². The molecule has 1 aliphatic carbocycles. The van der Waals surface area contributed by atoms with Crippen molar-refractivity contribution in [2.75, 3.05) is 0 Å². The standard InChI is InChI=1S/C17H18Br2/c1-17(2)8-7-12-11-5-3-4-6-13(11)15(18)9-14(12)16(19)10-17/h3-6,9,16H,7-8,10H2,1-2H3. The Balaban J connectivity index is 2.26. The molecule has 0 aromatic heterocycles. The summed E-state index contributed by atoms with van der Waals surface area (Å²) in [6.07, 6.45) is 3.64. The summed E-state index contributed by atoms with van der Waals surface area (Å²) in [6.45, 7) is 4.76. The fourth-order valence-corrected chi connectivity index (χ4v) is 5.01. The molecule has 0 aliphatic heterocycles. The SMILES string of the molecule is CC1(C)CCc2c(cc(Br)c3ccccc23)C(Br)C1. The van der Waals surface area contributed by atoms with Gasteiger partial charge in [-0.25, -0.2) is 0 Å². The van der Waals surface area contributed by atoms with Crippen LogP contribution in [0.3, 0.4) is 0 Å². The zero-order valence-electron chi connectivity index (χ0n) is 11.3. The van der Waals surface area contributed by atoms with E-state index in [-0.39, 0.29) is 0 Å². The molecule has 0 fully saturated rings. The average molecular weight is 382 g/mol. The second-order valence-corrected chi connectivity index (χ2v) is 8.27. The average Bonchev–Trinajstić information content (AvgIpc) is 2.47. The molecule has 0 N–H and O–H groups in total. The van der Waals surface area contributed by atoms with Gasteiger partial charge in [0.25, 0.3) is 0 Å². The summed E-state index contributed by atoms with van der Waals surface area (Å²) < 4.78 is 1.21. The van der Waals surface area contributed by atoms with Gasteiger partial charge >= 0.3 is 0 Å².